The zero-order valence-electron chi connectivity index (χ0n) is 9.83. The Kier molecular flexibility index (Phi) is 3.29. The van der Waals surface area contributed by atoms with Crippen LogP contribution in [-0.2, 0) is 4.79 Å². The van der Waals surface area contributed by atoms with Gasteiger partial charge in [0.15, 0.2) is 0 Å². The second-order valence-corrected chi connectivity index (χ2v) is 4.90. The van der Waals surface area contributed by atoms with E-state index >= 15 is 0 Å². The van der Waals surface area contributed by atoms with Crippen LogP contribution < -0.4 is 5.32 Å². The van der Waals surface area contributed by atoms with Crippen molar-refractivity contribution in [3.05, 3.63) is 0 Å². The molecule has 2 saturated carbocycles. The number of hydrogen-bond acceptors (Lipinski definition) is 2. The van der Waals surface area contributed by atoms with Crippen molar-refractivity contribution in [2.45, 2.75) is 63.6 Å². The average molecular weight is 210 g/mol. The van der Waals surface area contributed by atoms with Crippen LogP contribution in [0.2, 0.25) is 0 Å². The molecule has 2 fully saturated rings. The molecular weight excluding hydrogens is 188 g/mol. The van der Waals surface area contributed by atoms with E-state index in [0.29, 0.717) is 18.1 Å². The number of rotatable bonds is 3. The van der Waals surface area contributed by atoms with Crippen molar-refractivity contribution in [1.29, 1.82) is 0 Å². The minimum Gasteiger partial charge on any atom is -0.335 e. The van der Waals surface area contributed by atoms with Gasteiger partial charge in [-0.15, -0.1) is 0 Å². The molecule has 1 amide bonds. The lowest BCUT2D eigenvalue weighted by Crippen LogP contribution is -2.53. The second-order valence-electron chi connectivity index (χ2n) is 4.90. The summed E-state index contributed by atoms with van der Waals surface area (Å²) in [4.78, 5) is 13.8. The Bertz CT molecular complexity index is 238. The SMILES string of the molecule is CNC1CCCCC1N(C(C)=O)C1CC1. The van der Waals surface area contributed by atoms with E-state index in [1.54, 1.807) is 6.92 Å². The van der Waals surface area contributed by atoms with Crippen LogP contribution in [0.15, 0.2) is 0 Å². The lowest BCUT2D eigenvalue weighted by atomic mass is 9.89. The molecule has 2 rings (SSSR count). The van der Waals surface area contributed by atoms with Gasteiger partial charge in [-0.1, -0.05) is 12.8 Å². The highest BCUT2D eigenvalue weighted by Crippen LogP contribution is 2.33. The molecule has 0 spiro atoms. The fraction of sp³-hybridized carbons (Fsp3) is 0.917. The van der Waals surface area contributed by atoms with E-state index in [1.807, 2.05) is 7.05 Å². The van der Waals surface area contributed by atoms with E-state index in [4.69, 9.17) is 0 Å². The fourth-order valence-corrected chi connectivity index (χ4v) is 2.90. The van der Waals surface area contributed by atoms with Crippen molar-refractivity contribution in [2.24, 2.45) is 0 Å². The van der Waals surface area contributed by atoms with Gasteiger partial charge >= 0.3 is 0 Å². The largest absolute Gasteiger partial charge is 0.335 e. The molecular formula is C12H22N2O. The third-order valence-electron chi connectivity index (χ3n) is 3.76. The van der Waals surface area contributed by atoms with Gasteiger partial charge in [0.1, 0.15) is 0 Å². The number of carbonyl (C=O) groups is 1. The van der Waals surface area contributed by atoms with Crippen LogP contribution >= 0.6 is 0 Å². The quantitative estimate of drug-likeness (QED) is 0.766. The average Bonchev–Trinajstić information content (AvgIpc) is 3.03. The number of nitrogens with one attached hydrogen (secondary N) is 1. The Morgan fingerprint density at radius 2 is 1.87 bits per heavy atom. The first kappa shape index (κ1) is 10.9. The zero-order chi connectivity index (χ0) is 10.8. The summed E-state index contributed by atoms with van der Waals surface area (Å²) < 4.78 is 0. The standard InChI is InChI=1S/C12H22N2O/c1-9(15)14(10-7-8-10)12-6-4-3-5-11(12)13-2/h10-13H,3-8H2,1-2H3. The molecule has 3 nitrogen and oxygen atoms in total. The molecule has 2 atom stereocenters. The highest BCUT2D eigenvalue weighted by atomic mass is 16.2. The van der Waals surface area contributed by atoms with Gasteiger partial charge in [0.05, 0.1) is 0 Å². The van der Waals surface area contributed by atoms with Crippen molar-refractivity contribution in [1.82, 2.24) is 10.2 Å². The van der Waals surface area contributed by atoms with E-state index in [9.17, 15) is 4.79 Å². The summed E-state index contributed by atoms with van der Waals surface area (Å²) >= 11 is 0. The lowest BCUT2D eigenvalue weighted by molar-refractivity contribution is -0.133. The van der Waals surface area contributed by atoms with Crippen molar-refractivity contribution in [3.8, 4) is 0 Å². The summed E-state index contributed by atoms with van der Waals surface area (Å²) in [6, 6.07) is 1.53. The van der Waals surface area contributed by atoms with Crippen LogP contribution in [0.3, 0.4) is 0 Å². The Labute approximate surface area is 92.2 Å². The maximum absolute atomic E-state index is 11.7. The highest BCUT2D eigenvalue weighted by molar-refractivity contribution is 5.74. The number of nitrogens with zero attached hydrogens (tertiary/aromatic N) is 1. The second kappa shape index (κ2) is 4.52. The lowest BCUT2D eigenvalue weighted by Gasteiger charge is -2.39. The number of carbonyl (C=O) groups excluding carboxylic acids is 1. The van der Waals surface area contributed by atoms with Crippen LogP contribution in [0.25, 0.3) is 0 Å². The Hall–Kier alpha value is -0.570. The van der Waals surface area contributed by atoms with E-state index in [2.05, 4.69) is 10.2 Å². The maximum atomic E-state index is 11.7. The molecule has 2 aliphatic carbocycles. The molecule has 2 aliphatic rings. The smallest absolute Gasteiger partial charge is 0.219 e. The summed E-state index contributed by atoms with van der Waals surface area (Å²) in [6.07, 6.45) is 7.41. The van der Waals surface area contributed by atoms with E-state index < -0.39 is 0 Å². The molecule has 0 bridgehead atoms. The Morgan fingerprint density at radius 1 is 1.20 bits per heavy atom. The molecule has 86 valence electrons. The van der Waals surface area contributed by atoms with Gasteiger partial charge in [0.2, 0.25) is 5.91 Å². The normalized spacial score (nSPS) is 31.3. The number of likely N-dealkylation sites (N-methyl/N-ethyl adjacent to an activating group) is 1. The summed E-state index contributed by atoms with van der Waals surface area (Å²) in [6.45, 7) is 1.72. The number of hydrogen-bond donors (Lipinski definition) is 1. The monoisotopic (exact) mass is 210 g/mol. The number of amides is 1. The van der Waals surface area contributed by atoms with Gasteiger partial charge < -0.3 is 10.2 Å². The fourth-order valence-electron chi connectivity index (χ4n) is 2.90. The van der Waals surface area contributed by atoms with E-state index in [0.717, 1.165) is 0 Å². The van der Waals surface area contributed by atoms with Crippen molar-refractivity contribution < 1.29 is 4.79 Å². The van der Waals surface area contributed by atoms with Crippen LogP contribution in [0.5, 0.6) is 0 Å². The molecule has 0 radical (unpaired) electrons. The van der Waals surface area contributed by atoms with Gasteiger partial charge in [0.25, 0.3) is 0 Å². The van der Waals surface area contributed by atoms with Crippen LogP contribution in [0.1, 0.15) is 45.4 Å². The van der Waals surface area contributed by atoms with Crippen LogP contribution in [-0.4, -0.2) is 36.0 Å². The summed E-state index contributed by atoms with van der Waals surface area (Å²) in [7, 11) is 2.02. The molecule has 0 aromatic carbocycles. The first-order chi connectivity index (χ1) is 7.24. The molecule has 0 heterocycles. The van der Waals surface area contributed by atoms with E-state index in [1.165, 1.54) is 38.5 Å². The van der Waals surface area contributed by atoms with Crippen molar-refractivity contribution in [2.75, 3.05) is 7.05 Å². The molecule has 3 heteroatoms. The Balaban J connectivity index is 2.06. The molecule has 0 saturated heterocycles. The molecule has 0 aromatic heterocycles. The van der Waals surface area contributed by atoms with Crippen LogP contribution in [0.4, 0.5) is 0 Å². The topological polar surface area (TPSA) is 32.3 Å². The third kappa shape index (κ3) is 2.33. The van der Waals surface area contributed by atoms with Crippen LogP contribution in [0, 0.1) is 0 Å². The molecule has 2 unspecified atom stereocenters. The molecule has 0 aromatic rings. The predicted octanol–water partition coefficient (Wildman–Crippen LogP) is 1.53. The minimum atomic E-state index is 0.268. The molecule has 1 N–H and O–H groups in total. The first-order valence-electron chi connectivity index (χ1n) is 6.20. The molecule has 15 heavy (non-hydrogen) atoms. The highest BCUT2D eigenvalue weighted by Gasteiger charge is 2.39. The predicted molar refractivity (Wildman–Crippen MR) is 60.6 cm³/mol. The van der Waals surface area contributed by atoms with Crippen molar-refractivity contribution in [3.63, 3.8) is 0 Å². The van der Waals surface area contributed by atoms with Gasteiger partial charge in [-0.05, 0) is 32.7 Å². The third-order valence-corrected chi connectivity index (χ3v) is 3.76. The summed E-state index contributed by atoms with van der Waals surface area (Å²) in [5, 5.41) is 3.38. The maximum Gasteiger partial charge on any atom is 0.219 e. The van der Waals surface area contributed by atoms with Crippen molar-refractivity contribution >= 4 is 5.91 Å². The first-order valence-corrected chi connectivity index (χ1v) is 6.20. The Morgan fingerprint density at radius 3 is 2.40 bits per heavy atom. The minimum absolute atomic E-state index is 0.268. The van der Waals surface area contributed by atoms with Gasteiger partial charge in [0, 0.05) is 25.0 Å². The summed E-state index contributed by atoms with van der Waals surface area (Å²) in [5.41, 5.74) is 0. The van der Waals surface area contributed by atoms with Gasteiger partial charge in [-0.3, -0.25) is 4.79 Å². The zero-order valence-corrected chi connectivity index (χ0v) is 9.83. The summed E-state index contributed by atoms with van der Waals surface area (Å²) in [5.74, 6) is 0.268. The van der Waals surface area contributed by atoms with Gasteiger partial charge in [-0.2, -0.15) is 0 Å². The molecule has 0 aliphatic heterocycles. The van der Waals surface area contributed by atoms with E-state index in [-0.39, 0.29) is 5.91 Å². The van der Waals surface area contributed by atoms with Gasteiger partial charge in [-0.25, -0.2) is 0 Å².